The maximum absolute atomic E-state index is 12.4. The Morgan fingerprint density at radius 1 is 1.16 bits per heavy atom. The number of nitrogens with zero attached hydrogens (tertiary/aromatic N) is 7. The van der Waals surface area contributed by atoms with Gasteiger partial charge in [0, 0.05) is 50.8 Å². The number of hydrogen-bond acceptors (Lipinski definition) is 8. The van der Waals surface area contributed by atoms with E-state index >= 15 is 0 Å². The molecule has 0 bridgehead atoms. The van der Waals surface area contributed by atoms with E-state index in [4.69, 9.17) is 10.8 Å². The number of nitrogens with two attached hydrogens (primary N) is 1. The van der Waals surface area contributed by atoms with E-state index in [-0.39, 0.29) is 0 Å². The van der Waals surface area contributed by atoms with Crippen molar-refractivity contribution in [2.75, 3.05) is 30.3 Å². The van der Waals surface area contributed by atoms with Crippen LogP contribution in [0.1, 0.15) is 40.7 Å². The van der Waals surface area contributed by atoms with Gasteiger partial charge in [-0.3, -0.25) is 9.48 Å². The van der Waals surface area contributed by atoms with Crippen LogP contribution in [0.4, 0.5) is 23.1 Å². The van der Waals surface area contributed by atoms with Crippen LogP contribution in [0.3, 0.4) is 0 Å². The lowest BCUT2D eigenvalue weighted by Crippen LogP contribution is -2.25. The van der Waals surface area contributed by atoms with Gasteiger partial charge in [0.05, 0.1) is 17.3 Å². The molecule has 1 spiro atoms. The van der Waals surface area contributed by atoms with Crippen LogP contribution in [-0.4, -0.2) is 60.0 Å². The van der Waals surface area contributed by atoms with Gasteiger partial charge in [-0.1, -0.05) is 6.07 Å². The quantitative estimate of drug-likeness (QED) is 0.336. The van der Waals surface area contributed by atoms with E-state index in [0.29, 0.717) is 28.4 Å². The third kappa shape index (κ3) is 4.50. The van der Waals surface area contributed by atoms with Crippen molar-refractivity contribution in [3.8, 4) is 0 Å². The van der Waals surface area contributed by atoms with Crippen molar-refractivity contribution in [2.45, 2.75) is 32.6 Å². The van der Waals surface area contributed by atoms with Gasteiger partial charge < -0.3 is 21.3 Å². The molecular formula is C26H32N10O. The zero-order chi connectivity index (χ0) is 25.7. The van der Waals surface area contributed by atoms with Crippen molar-refractivity contribution in [1.29, 1.82) is 0 Å². The standard InChI is InChI=1S/C26H32N10O/c1-16-4-5-19(22(27)37)18(6-10-36-11-9-26(15-36)7-8-26)21(16)31-23-20-13-28-25(32-24(20)35(3)33-23)30-17-12-29-34(2)14-17/h4-5,12-14H,6-11,15H2,1-3H3,(H2,27,37)(H,31,33)(H,28,30,32). The number of aromatic nitrogens is 6. The van der Waals surface area contributed by atoms with E-state index in [1.54, 1.807) is 21.8 Å². The topological polar surface area (TPSA) is 132 Å². The van der Waals surface area contributed by atoms with Crippen LogP contribution in [0, 0.1) is 12.3 Å². The second kappa shape index (κ2) is 8.84. The summed E-state index contributed by atoms with van der Waals surface area (Å²) in [7, 11) is 3.70. The van der Waals surface area contributed by atoms with Crippen molar-refractivity contribution in [3.05, 3.63) is 47.4 Å². The Morgan fingerprint density at radius 2 is 2.00 bits per heavy atom. The van der Waals surface area contributed by atoms with Crippen LogP contribution in [0.2, 0.25) is 0 Å². The molecule has 1 saturated heterocycles. The number of rotatable bonds is 8. The highest BCUT2D eigenvalue weighted by atomic mass is 16.1. The highest BCUT2D eigenvalue weighted by Crippen LogP contribution is 2.52. The van der Waals surface area contributed by atoms with Crippen LogP contribution in [0.5, 0.6) is 0 Å². The minimum atomic E-state index is -0.418. The Labute approximate surface area is 215 Å². The molecule has 1 aromatic carbocycles. The van der Waals surface area contributed by atoms with Crippen LogP contribution < -0.4 is 16.4 Å². The molecule has 6 rings (SSSR count). The highest BCUT2D eigenvalue weighted by molar-refractivity contribution is 5.97. The molecule has 2 fully saturated rings. The van der Waals surface area contributed by atoms with E-state index in [1.807, 2.05) is 39.3 Å². The lowest BCUT2D eigenvalue weighted by atomic mass is 9.97. The third-order valence-corrected chi connectivity index (χ3v) is 7.72. The Bertz CT molecular complexity index is 1500. The number of likely N-dealkylation sites (tertiary alicyclic amines) is 1. The summed E-state index contributed by atoms with van der Waals surface area (Å²) in [5, 5.41) is 16.3. The molecule has 192 valence electrons. The van der Waals surface area contributed by atoms with Gasteiger partial charge in [-0.05, 0) is 61.8 Å². The minimum Gasteiger partial charge on any atom is -0.366 e. The van der Waals surface area contributed by atoms with Gasteiger partial charge in [-0.25, -0.2) is 9.67 Å². The molecule has 0 atom stereocenters. The van der Waals surface area contributed by atoms with Gasteiger partial charge in [0.25, 0.3) is 0 Å². The molecule has 1 aliphatic heterocycles. The highest BCUT2D eigenvalue weighted by Gasteiger charge is 2.47. The Kier molecular flexibility index (Phi) is 5.59. The molecule has 11 nitrogen and oxygen atoms in total. The first-order valence-corrected chi connectivity index (χ1v) is 12.7. The molecular weight excluding hydrogens is 468 g/mol. The van der Waals surface area contributed by atoms with Gasteiger partial charge >= 0.3 is 0 Å². The van der Waals surface area contributed by atoms with Crippen LogP contribution >= 0.6 is 0 Å². The molecule has 4 N–H and O–H groups in total. The molecule has 1 saturated carbocycles. The lowest BCUT2D eigenvalue weighted by molar-refractivity contribution is 0.0999. The van der Waals surface area contributed by atoms with E-state index < -0.39 is 5.91 Å². The van der Waals surface area contributed by atoms with Gasteiger partial charge in [-0.15, -0.1) is 0 Å². The largest absolute Gasteiger partial charge is 0.366 e. The minimum absolute atomic E-state index is 0.418. The first-order valence-electron chi connectivity index (χ1n) is 12.7. The fourth-order valence-electron chi connectivity index (χ4n) is 5.43. The van der Waals surface area contributed by atoms with Gasteiger partial charge in [-0.2, -0.15) is 15.2 Å². The van der Waals surface area contributed by atoms with E-state index in [2.05, 4.69) is 30.6 Å². The zero-order valence-corrected chi connectivity index (χ0v) is 21.5. The number of carbonyl (C=O) groups is 1. The molecule has 3 aromatic heterocycles. The van der Waals surface area contributed by atoms with Gasteiger partial charge in [0.15, 0.2) is 11.5 Å². The average Bonchev–Trinajstić information content (AvgIpc) is 3.14. The summed E-state index contributed by atoms with van der Waals surface area (Å²) in [4.78, 5) is 24.1. The number of hydrogen-bond donors (Lipinski definition) is 3. The van der Waals surface area contributed by atoms with E-state index in [1.165, 1.54) is 19.3 Å². The molecule has 4 aromatic rings. The summed E-state index contributed by atoms with van der Waals surface area (Å²) < 4.78 is 3.43. The molecule has 1 amide bonds. The summed E-state index contributed by atoms with van der Waals surface area (Å²) in [5.74, 6) is 0.676. The number of benzene rings is 1. The molecule has 4 heterocycles. The SMILES string of the molecule is Cc1ccc(C(N)=O)c(CCN2CCC3(CC3)C2)c1Nc1nn(C)c2nc(Nc3cnn(C)c3)ncc12. The summed E-state index contributed by atoms with van der Waals surface area (Å²) in [6.07, 6.45) is 10.0. The smallest absolute Gasteiger partial charge is 0.249 e. The second-order valence-electron chi connectivity index (χ2n) is 10.5. The number of carbonyl (C=O) groups excluding carboxylic acids is 1. The summed E-state index contributed by atoms with van der Waals surface area (Å²) in [5.41, 5.74) is 11.2. The molecule has 1 aliphatic carbocycles. The van der Waals surface area contributed by atoms with Crippen molar-refractivity contribution in [3.63, 3.8) is 0 Å². The summed E-state index contributed by atoms with van der Waals surface area (Å²) in [6.45, 7) is 5.21. The lowest BCUT2D eigenvalue weighted by Gasteiger charge is -2.20. The zero-order valence-electron chi connectivity index (χ0n) is 21.5. The van der Waals surface area contributed by atoms with Crippen LogP contribution in [0.15, 0.2) is 30.7 Å². The number of aryl methyl sites for hydroxylation is 3. The molecule has 0 unspecified atom stereocenters. The maximum atomic E-state index is 12.4. The monoisotopic (exact) mass is 500 g/mol. The van der Waals surface area contributed by atoms with Crippen molar-refractivity contribution < 1.29 is 4.79 Å². The van der Waals surface area contributed by atoms with E-state index in [9.17, 15) is 4.79 Å². The fourth-order valence-corrected chi connectivity index (χ4v) is 5.43. The Hall–Kier alpha value is -3.99. The molecule has 37 heavy (non-hydrogen) atoms. The van der Waals surface area contributed by atoms with Crippen molar-refractivity contribution >= 4 is 40.1 Å². The number of fused-ring (bicyclic) bond motifs is 1. The summed E-state index contributed by atoms with van der Waals surface area (Å²) >= 11 is 0. The van der Waals surface area contributed by atoms with Crippen molar-refractivity contribution in [1.82, 2.24) is 34.4 Å². The van der Waals surface area contributed by atoms with Gasteiger partial charge in [0.2, 0.25) is 11.9 Å². The van der Waals surface area contributed by atoms with Crippen LogP contribution in [0.25, 0.3) is 11.0 Å². The second-order valence-corrected chi connectivity index (χ2v) is 10.5. The Balaban J connectivity index is 1.30. The van der Waals surface area contributed by atoms with Gasteiger partial charge in [0.1, 0.15) is 0 Å². The van der Waals surface area contributed by atoms with Crippen molar-refractivity contribution in [2.24, 2.45) is 25.2 Å². The fraction of sp³-hybridized carbons (Fsp3) is 0.423. The molecule has 2 aliphatic rings. The number of primary amides is 1. The molecule has 0 radical (unpaired) electrons. The molecule has 11 heteroatoms. The van der Waals surface area contributed by atoms with E-state index in [0.717, 1.165) is 53.9 Å². The summed E-state index contributed by atoms with van der Waals surface area (Å²) in [6, 6.07) is 3.76. The third-order valence-electron chi connectivity index (χ3n) is 7.72. The van der Waals surface area contributed by atoms with Crippen LogP contribution in [-0.2, 0) is 20.5 Å². The maximum Gasteiger partial charge on any atom is 0.249 e. The first kappa shape index (κ1) is 23.4. The number of nitrogens with one attached hydrogen (secondary N) is 2. The normalized spacial score (nSPS) is 16.5. The predicted molar refractivity (Wildman–Crippen MR) is 142 cm³/mol. The number of amides is 1. The number of anilines is 4. The predicted octanol–water partition coefficient (Wildman–Crippen LogP) is 3.02. The average molecular weight is 501 g/mol. The first-order chi connectivity index (χ1) is 17.8. The Morgan fingerprint density at radius 3 is 2.70 bits per heavy atom.